The molecular formula is C21H21FN6O2S. The molecule has 0 saturated heterocycles. The summed E-state index contributed by atoms with van der Waals surface area (Å²) in [6.45, 7) is 1.60. The van der Waals surface area contributed by atoms with Crippen molar-refractivity contribution in [2.45, 2.75) is 36.5 Å². The number of nitrogens with two attached hydrogens (primary N) is 1. The largest absolute Gasteiger partial charge is 0.386 e. The lowest BCUT2D eigenvalue weighted by Crippen LogP contribution is -2.61. The number of pyridine rings is 1. The number of sulfone groups is 1. The van der Waals surface area contributed by atoms with Crippen molar-refractivity contribution in [1.29, 1.82) is 0 Å². The number of aliphatic imine (C=N–C) groups is 1. The Morgan fingerprint density at radius 2 is 2.03 bits per heavy atom. The molecular weight excluding hydrogens is 419 g/mol. The van der Waals surface area contributed by atoms with Crippen molar-refractivity contribution in [3.05, 3.63) is 60.3 Å². The zero-order valence-corrected chi connectivity index (χ0v) is 17.7. The second-order valence-electron chi connectivity index (χ2n) is 8.33. The summed E-state index contributed by atoms with van der Waals surface area (Å²) in [5, 5.41) is 8.28. The minimum atomic E-state index is -3.58. The molecule has 2 aromatic heterocycles. The molecule has 2 N–H and O–H groups in total. The molecule has 0 bridgehead atoms. The summed E-state index contributed by atoms with van der Waals surface area (Å²) in [5.41, 5.74) is 6.92. The number of halogens is 1. The number of rotatable bonds is 3. The molecule has 8 nitrogen and oxygen atoms in total. The van der Waals surface area contributed by atoms with E-state index in [0.29, 0.717) is 24.2 Å². The zero-order valence-electron chi connectivity index (χ0n) is 16.9. The van der Waals surface area contributed by atoms with E-state index in [2.05, 4.69) is 20.3 Å². The molecule has 1 spiro atoms. The molecule has 160 valence electrons. The van der Waals surface area contributed by atoms with E-state index >= 15 is 0 Å². The van der Waals surface area contributed by atoms with Gasteiger partial charge < -0.3 is 5.73 Å². The summed E-state index contributed by atoms with van der Waals surface area (Å²) in [5.74, 6) is -0.758. The van der Waals surface area contributed by atoms with E-state index in [4.69, 9.17) is 5.73 Å². The second-order valence-corrected chi connectivity index (χ2v) is 10.6. The van der Waals surface area contributed by atoms with Gasteiger partial charge in [0.25, 0.3) is 0 Å². The van der Waals surface area contributed by atoms with Gasteiger partial charge in [-0.25, -0.2) is 17.5 Å². The van der Waals surface area contributed by atoms with Crippen LogP contribution in [-0.2, 0) is 15.4 Å². The first-order chi connectivity index (χ1) is 14.7. The molecule has 1 aliphatic carbocycles. The first-order valence-electron chi connectivity index (χ1n) is 9.95. The van der Waals surface area contributed by atoms with Crippen LogP contribution in [-0.4, -0.2) is 44.7 Å². The van der Waals surface area contributed by atoms with Crippen molar-refractivity contribution in [3.8, 4) is 16.9 Å². The number of nitrogens with zero attached hydrogens (tertiary/aromatic N) is 5. The molecule has 1 aliphatic heterocycles. The molecule has 1 unspecified atom stereocenters. The molecule has 1 saturated carbocycles. The minimum absolute atomic E-state index is 0.0805. The van der Waals surface area contributed by atoms with Gasteiger partial charge in [-0.1, -0.05) is 5.21 Å². The monoisotopic (exact) mass is 440 g/mol. The Balaban J connectivity index is 1.56. The zero-order chi connectivity index (χ0) is 21.9. The maximum absolute atomic E-state index is 14.9. The summed E-state index contributed by atoms with van der Waals surface area (Å²) in [6, 6.07) is 8.06. The van der Waals surface area contributed by atoms with Gasteiger partial charge in [0, 0.05) is 23.5 Å². The SMILES string of the molecule is CC1(c2cc(-n3cc(-c4cccnc4)nn3)ccc2F)CS(=O)(=O)C2(CCC2)C(N)=N1. The predicted octanol–water partition coefficient (Wildman–Crippen LogP) is 2.39. The van der Waals surface area contributed by atoms with E-state index in [0.717, 1.165) is 12.0 Å². The summed E-state index contributed by atoms with van der Waals surface area (Å²) < 4.78 is 41.5. The highest BCUT2D eigenvalue weighted by atomic mass is 32.2. The third kappa shape index (κ3) is 2.96. The van der Waals surface area contributed by atoms with Crippen LogP contribution >= 0.6 is 0 Å². The van der Waals surface area contributed by atoms with Crippen molar-refractivity contribution in [1.82, 2.24) is 20.0 Å². The van der Waals surface area contributed by atoms with Gasteiger partial charge in [0.15, 0.2) is 9.84 Å². The summed E-state index contributed by atoms with van der Waals surface area (Å²) in [7, 11) is -3.58. The van der Waals surface area contributed by atoms with E-state index in [1.807, 2.05) is 6.07 Å². The first-order valence-corrected chi connectivity index (χ1v) is 11.6. The number of benzene rings is 1. The van der Waals surface area contributed by atoms with Crippen molar-refractivity contribution in [3.63, 3.8) is 0 Å². The summed E-state index contributed by atoms with van der Waals surface area (Å²) >= 11 is 0. The Labute approximate surface area is 178 Å². The van der Waals surface area contributed by atoms with E-state index in [1.54, 1.807) is 43.7 Å². The predicted molar refractivity (Wildman–Crippen MR) is 114 cm³/mol. The molecule has 1 aromatic carbocycles. The van der Waals surface area contributed by atoms with Gasteiger partial charge in [0.2, 0.25) is 0 Å². The molecule has 3 heterocycles. The fourth-order valence-corrected chi connectivity index (χ4v) is 6.89. The van der Waals surface area contributed by atoms with Crippen molar-refractivity contribution in [2.75, 3.05) is 5.75 Å². The van der Waals surface area contributed by atoms with E-state index in [9.17, 15) is 12.8 Å². The van der Waals surface area contributed by atoms with Gasteiger partial charge in [-0.05, 0) is 56.5 Å². The molecule has 2 aliphatic rings. The van der Waals surface area contributed by atoms with Crippen LogP contribution in [0.25, 0.3) is 16.9 Å². The maximum Gasteiger partial charge on any atom is 0.165 e. The van der Waals surface area contributed by atoms with Crippen LogP contribution < -0.4 is 5.73 Å². The molecule has 1 fully saturated rings. The van der Waals surface area contributed by atoms with Crippen LogP contribution in [0.4, 0.5) is 4.39 Å². The van der Waals surface area contributed by atoms with Gasteiger partial charge in [-0.3, -0.25) is 9.98 Å². The van der Waals surface area contributed by atoms with Crippen molar-refractivity contribution in [2.24, 2.45) is 10.7 Å². The average molecular weight is 441 g/mol. The van der Waals surface area contributed by atoms with Crippen LogP contribution in [0, 0.1) is 5.82 Å². The summed E-state index contributed by atoms with van der Waals surface area (Å²) in [6.07, 6.45) is 6.78. The molecule has 3 aromatic rings. The third-order valence-electron chi connectivity index (χ3n) is 6.31. The molecule has 10 heteroatoms. The number of hydrogen-bond acceptors (Lipinski definition) is 7. The van der Waals surface area contributed by atoms with Gasteiger partial charge in [-0.15, -0.1) is 5.10 Å². The van der Waals surface area contributed by atoms with Crippen molar-refractivity contribution < 1.29 is 12.8 Å². The molecule has 0 radical (unpaired) electrons. The fourth-order valence-electron chi connectivity index (χ4n) is 4.38. The van der Waals surface area contributed by atoms with Crippen LogP contribution in [0.15, 0.2) is 53.9 Å². The Morgan fingerprint density at radius 3 is 2.68 bits per heavy atom. The van der Waals surface area contributed by atoms with Crippen LogP contribution in [0.2, 0.25) is 0 Å². The summed E-state index contributed by atoms with van der Waals surface area (Å²) in [4.78, 5) is 8.60. The highest BCUT2D eigenvalue weighted by Gasteiger charge is 2.58. The lowest BCUT2D eigenvalue weighted by atomic mass is 9.82. The topological polar surface area (TPSA) is 116 Å². The highest BCUT2D eigenvalue weighted by Crippen LogP contribution is 2.47. The maximum atomic E-state index is 14.9. The van der Waals surface area contributed by atoms with E-state index < -0.39 is 25.9 Å². The van der Waals surface area contributed by atoms with Gasteiger partial charge >= 0.3 is 0 Å². The molecule has 5 rings (SSSR count). The lowest BCUT2D eigenvalue weighted by molar-refractivity contribution is 0.388. The first kappa shape index (κ1) is 19.8. The smallest absolute Gasteiger partial charge is 0.165 e. The molecule has 0 amide bonds. The van der Waals surface area contributed by atoms with Crippen LogP contribution in [0.1, 0.15) is 31.7 Å². The third-order valence-corrected chi connectivity index (χ3v) is 9.06. The molecule has 31 heavy (non-hydrogen) atoms. The highest BCUT2D eigenvalue weighted by molar-refractivity contribution is 7.93. The number of aromatic nitrogens is 4. The van der Waals surface area contributed by atoms with E-state index in [1.165, 1.54) is 10.7 Å². The Morgan fingerprint density at radius 1 is 1.23 bits per heavy atom. The average Bonchev–Trinajstić information content (AvgIpc) is 3.16. The number of hydrogen-bond donors (Lipinski definition) is 1. The van der Waals surface area contributed by atoms with Gasteiger partial charge in [0.1, 0.15) is 27.6 Å². The van der Waals surface area contributed by atoms with E-state index in [-0.39, 0.29) is 17.2 Å². The van der Waals surface area contributed by atoms with Gasteiger partial charge in [-0.2, -0.15) is 0 Å². The quantitative estimate of drug-likeness (QED) is 0.669. The normalized spacial score (nSPS) is 23.9. The molecule has 1 atom stereocenters. The fraction of sp³-hybridized carbons (Fsp3) is 0.333. The standard InChI is InChI=1S/C21H21FN6O2S/c1-20(13-31(29,30)21(7-3-8-21)19(23)25-20)16-10-15(5-6-17(16)22)28-12-18(26-27-28)14-4-2-9-24-11-14/h2,4-6,9-12H,3,7-8,13H2,1H3,(H2,23,25). The second kappa shape index (κ2) is 6.68. The Hall–Kier alpha value is -3.14. The Kier molecular flexibility index (Phi) is 4.27. The van der Waals surface area contributed by atoms with Crippen molar-refractivity contribution >= 4 is 15.7 Å². The van der Waals surface area contributed by atoms with Gasteiger partial charge in [0.05, 0.1) is 17.6 Å². The Bertz CT molecular complexity index is 1300. The lowest BCUT2D eigenvalue weighted by Gasteiger charge is -2.46. The minimum Gasteiger partial charge on any atom is -0.386 e. The van der Waals surface area contributed by atoms with Crippen LogP contribution in [0.5, 0.6) is 0 Å². The number of amidine groups is 1. The van der Waals surface area contributed by atoms with Crippen LogP contribution in [0.3, 0.4) is 0 Å².